The Kier molecular flexibility index (Phi) is 4.52. The Labute approximate surface area is 123 Å². The van der Waals surface area contributed by atoms with Crippen LogP contribution >= 0.6 is 11.6 Å². The molecule has 0 aliphatic rings. The molecule has 1 unspecified atom stereocenters. The van der Waals surface area contributed by atoms with Gasteiger partial charge in [-0.2, -0.15) is 5.10 Å². The van der Waals surface area contributed by atoms with Crippen molar-refractivity contribution in [3.63, 3.8) is 0 Å². The fourth-order valence-electron chi connectivity index (χ4n) is 2.26. The van der Waals surface area contributed by atoms with Crippen LogP contribution in [0.4, 0.5) is 0 Å². The lowest BCUT2D eigenvalue weighted by Crippen LogP contribution is -2.19. The van der Waals surface area contributed by atoms with Crippen LogP contribution in [-0.2, 0) is 6.54 Å². The number of hydrogen-bond donors (Lipinski definition) is 1. The Morgan fingerprint density at radius 3 is 2.40 bits per heavy atom. The molecule has 0 aliphatic heterocycles. The minimum absolute atomic E-state index is 0.476. The van der Waals surface area contributed by atoms with Gasteiger partial charge in [0.05, 0.1) is 42.7 Å². The van der Waals surface area contributed by atoms with Crippen LogP contribution in [0.15, 0.2) is 24.4 Å². The fraction of sp³-hybridized carbons (Fsp3) is 0.357. The van der Waals surface area contributed by atoms with Gasteiger partial charge in [-0.05, 0) is 19.1 Å². The monoisotopic (exact) mass is 295 g/mol. The van der Waals surface area contributed by atoms with Crippen molar-refractivity contribution in [1.82, 2.24) is 9.78 Å². The Morgan fingerprint density at radius 1 is 1.30 bits per heavy atom. The molecular weight excluding hydrogens is 278 g/mol. The van der Waals surface area contributed by atoms with Gasteiger partial charge in [0.25, 0.3) is 0 Å². The van der Waals surface area contributed by atoms with Crippen molar-refractivity contribution in [1.29, 1.82) is 0 Å². The molecule has 0 saturated carbocycles. The van der Waals surface area contributed by atoms with E-state index >= 15 is 0 Å². The average molecular weight is 296 g/mol. The van der Waals surface area contributed by atoms with E-state index in [1.54, 1.807) is 25.1 Å². The summed E-state index contributed by atoms with van der Waals surface area (Å²) in [7, 11) is 3.20. The predicted octanol–water partition coefficient (Wildman–Crippen LogP) is 2.62. The molecule has 0 amide bonds. The van der Waals surface area contributed by atoms with Crippen molar-refractivity contribution in [2.24, 2.45) is 5.73 Å². The maximum atomic E-state index is 6.39. The third-order valence-electron chi connectivity index (χ3n) is 3.20. The van der Waals surface area contributed by atoms with Crippen molar-refractivity contribution in [2.45, 2.75) is 19.5 Å². The van der Waals surface area contributed by atoms with E-state index in [1.165, 1.54) is 0 Å². The number of nitrogens with zero attached hydrogens (tertiary/aromatic N) is 2. The van der Waals surface area contributed by atoms with Crippen LogP contribution in [0, 0.1) is 0 Å². The highest BCUT2D eigenvalue weighted by Crippen LogP contribution is 2.37. The molecule has 0 spiro atoms. The lowest BCUT2D eigenvalue weighted by molar-refractivity contribution is 0.381. The number of rotatable bonds is 5. The minimum Gasteiger partial charge on any atom is -0.496 e. The SMILES string of the molecule is CCn1ncc(Cl)c1C(N)c1c(OC)cccc1OC. The number of nitrogens with two attached hydrogens (primary N) is 1. The van der Waals surface area contributed by atoms with E-state index in [9.17, 15) is 0 Å². The van der Waals surface area contributed by atoms with E-state index in [2.05, 4.69) is 5.10 Å². The molecule has 1 aromatic carbocycles. The molecule has 2 rings (SSSR count). The molecule has 0 radical (unpaired) electrons. The number of benzene rings is 1. The smallest absolute Gasteiger partial charge is 0.127 e. The summed E-state index contributed by atoms with van der Waals surface area (Å²) in [6, 6.07) is 5.07. The average Bonchev–Trinajstić information content (AvgIpc) is 2.86. The maximum absolute atomic E-state index is 6.39. The number of ether oxygens (including phenoxy) is 2. The fourth-order valence-corrected chi connectivity index (χ4v) is 2.51. The third-order valence-corrected chi connectivity index (χ3v) is 3.50. The standard InChI is InChI=1S/C14H18ClN3O2/c1-4-18-14(9(15)8-17-18)13(16)12-10(19-2)6-5-7-11(12)20-3/h5-8,13H,4,16H2,1-3H3. The van der Waals surface area contributed by atoms with Gasteiger partial charge in [0.1, 0.15) is 11.5 Å². The Morgan fingerprint density at radius 2 is 1.90 bits per heavy atom. The predicted molar refractivity (Wildman–Crippen MR) is 78.5 cm³/mol. The van der Waals surface area contributed by atoms with Crippen LogP contribution in [0.3, 0.4) is 0 Å². The first-order valence-corrected chi connectivity index (χ1v) is 6.69. The summed E-state index contributed by atoms with van der Waals surface area (Å²) in [6.45, 7) is 2.67. The molecule has 1 atom stereocenters. The summed E-state index contributed by atoms with van der Waals surface area (Å²) in [5, 5.41) is 4.75. The van der Waals surface area contributed by atoms with Crippen LogP contribution in [0.25, 0.3) is 0 Å². The minimum atomic E-state index is -0.476. The number of aryl methyl sites for hydroxylation is 1. The number of aromatic nitrogens is 2. The second kappa shape index (κ2) is 6.15. The molecule has 1 aromatic heterocycles. The van der Waals surface area contributed by atoms with Crippen LogP contribution in [0.1, 0.15) is 24.2 Å². The largest absolute Gasteiger partial charge is 0.496 e. The second-order valence-corrected chi connectivity index (χ2v) is 4.65. The van der Waals surface area contributed by atoms with Gasteiger partial charge in [0.15, 0.2) is 0 Å². The quantitative estimate of drug-likeness (QED) is 0.921. The van der Waals surface area contributed by atoms with Crippen LogP contribution in [0.2, 0.25) is 5.02 Å². The lowest BCUT2D eigenvalue weighted by atomic mass is 10.0. The van der Waals surface area contributed by atoms with Crippen molar-refractivity contribution in [2.75, 3.05) is 14.2 Å². The lowest BCUT2D eigenvalue weighted by Gasteiger charge is -2.20. The molecule has 0 aliphatic carbocycles. The number of halogens is 1. The molecule has 108 valence electrons. The van der Waals surface area contributed by atoms with Crippen molar-refractivity contribution < 1.29 is 9.47 Å². The van der Waals surface area contributed by atoms with Gasteiger partial charge in [0.2, 0.25) is 0 Å². The van der Waals surface area contributed by atoms with E-state index < -0.39 is 6.04 Å². The van der Waals surface area contributed by atoms with Crippen LogP contribution in [0.5, 0.6) is 11.5 Å². The molecule has 6 heteroatoms. The summed E-state index contributed by atoms with van der Waals surface area (Å²) < 4.78 is 12.6. The zero-order valence-corrected chi connectivity index (χ0v) is 12.5. The maximum Gasteiger partial charge on any atom is 0.127 e. The van der Waals surface area contributed by atoms with E-state index in [0.29, 0.717) is 23.1 Å². The van der Waals surface area contributed by atoms with Crippen LogP contribution < -0.4 is 15.2 Å². The highest BCUT2D eigenvalue weighted by atomic mass is 35.5. The Balaban J connectivity index is 2.58. The van der Waals surface area contributed by atoms with Gasteiger partial charge in [-0.3, -0.25) is 4.68 Å². The van der Waals surface area contributed by atoms with E-state index in [1.807, 2.05) is 25.1 Å². The first-order chi connectivity index (χ1) is 9.63. The Hall–Kier alpha value is -1.72. The first-order valence-electron chi connectivity index (χ1n) is 6.31. The van der Waals surface area contributed by atoms with Gasteiger partial charge in [0, 0.05) is 6.54 Å². The molecule has 0 fully saturated rings. The van der Waals surface area contributed by atoms with Gasteiger partial charge in [-0.15, -0.1) is 0 Å². The van der Waals surface area contributed by atoms with E-state index in [4.69, 9.17) is 26.8 Å². The van der Waals surface area contributed by atoms with Crippen LogP contribution in [-0.4, -0.2) is 24.0 Å². The summed E-state index contributed by atoms with van der Waals surface area (Å²) in [5.41, 5.74) is 7.89. The summed E-state index contributed by atoms with van der Waals surface area (Å²) in [6.07, 6.45) is 1.60. The third kappa shape index (κ3) is 2.46. The number of hydrogen-bond acceptors (Lipinski definition) is 4. The summed E-state index contributed by atoms with van der Waals surface area (Å²) in [4.78, 5) is 0. The van der Waals surface area contributed by atoms with E-state index in [-0.39, 0.29) is 0 Å². The number of methoxy groups -OCH3 is 2. The van der Waals surface area contributed by atoms with E-state index in [0.717, 1.165) is 11.3 Å². The molecule has 5 nitrogen and oxygen atoms in total. The zero-order chi connectivity index (χ0) is 14.7. The molecule has 0 bridgehead atoms. The van der Waals surface area contributed by atoms with Crippen molar-refractivity contribution in [3.05, 3.63) is 40.7 Å². The van der Waals surface area contributed by atoms with Gasteiger partial charge < -0.3 is 15.2 Å². The highest BCUT2D eigenvalue weighted by molar-refractivity contribution is 6.31. The summed E-state index contributed by atoms with van der Waals surface area (Å²) in [5.74, 6) is 1.33. The van der Waals surface area contributed by atoms with Gasteiger partial charge >= 0.3 is 0 Å². The molecular formula is C14H18ClN3O2. The molecule has 2 N–H and O–H groups in total. The highest BCUT2D eigenvalue weighted by Gasteiger charge is 2.24. The molecule has 2 aromatic rings. The zero-order valence-electron chi connectivity index (χ0n) is 11.8. The van der Waals surface area contributed by atoms with Gasteiger partial charge in [-0.1, -0.05) is 17.7 Å². The molecule has 20 heavy (non-hydrogen) atoms. The topological polar surface area (TPSA) is 62.3 Å². The van der Waals surface area contributed by atoms with Gasteiger partial charge in [-0.25, -0.2) is 0 Å². The van der Waals surface area contributed by atoms with Crippen molar-refractivity contribution >= 4 is 11.6 Å². The second-order valence-electron chi connectivity index (χ2n) is 4.25. The summed E-state index contributed by atoms with van der Waals surface area (Å²) >= 11 is 6.21. The normalized spacial score (nSPS) is 12.2. The molecule has 1 heterocycles. The molecule has 0 saturated heterocycles. The van der Waals surface area contributed by atoms with Crippen molar-refractivity contribution in [3.8, 4) is 11.5 Å². The first kappa shape index (κ1) is 14.7. The Bertz CT molecular complexity index is 576.